The van der Waals surface area contributed by atoms with Gasteiger partial charge in [-0.15, -0.1) is 0 Å². The van der Waals surface area contributed by atoms with Crippen molar-refractivity contribution in [3.05, 3.63) is 58.7 Å². The van der Waals surface area contributed by atoms with Crippen LogP contribution in [0.15, 0.2) is 24.8 Å². The van der Waals surface area contributed by atoms with E-state index in [1.165, 1.54) is 11.9 Å². The van der Waals surface area contributed by atoms with Crippen molar-refractivity contribution in [3.8, 4) is 0 Å². The molecule has 1 amide bonds. The molecule has 3 rings (SSSR count). The van der Waals surface area contributed by atoms with E-state index in [0.717, 1.165) is 29.5 Å². The van der Waals surface area contributed by atoms with Crippen LogP contribution in [0.3, 0.4) is 0 Å². The molecule has 1 fully saturated rings. The molecule has 0 radical (unpaired) electrons. The first-order chi connectivity index (χ1) is 13.6. The number of carbonyl (C=O) groups excluding carboxylic acids is 1. The first-order valence-corrected chi connectivity index (χ1v) is 9.72. The third-order valence-corrected chi connectivity index (χ3v) is 5.25. The van der Waals surface area contributed by atoms with Crippen molar-refractivity contribution in [1.29, 1.82) is 0 Å². The molecule has 4 nitrogen and oxygen atoms in total. The molecule has 0 bridgehead atoms. The van der Waals surface area contributed by atoms with Gasteiger partial charge in [-0.2, -0.15) is 9.49 Å². The minimum Gasteiger partial charge on any atom is -0.331 e. The number of halogens is 3. The maximum Gasteiger partial charge on any atom is 0.283 e. The van der Waals surface area contributed by atoms with Crippen molar-refractivity contribution in [2.75, 3.05) is 6.54 Å². The topological polar surface area (TPSA) is 38.1 Å². The summed E-state index contributed by atoms with van der Waals surface area (Å²) in [5, 5.41) is 3.50. The average Bonchev–Trinajstić information content (AvgIpc) is 3.44. The normalized spacial score (nSPS) is 14.0. The van der Waals surface area contributed by atoms with Crippen LogP contribution in [0.5, 0.6) is 0 Å². The second-order valence-corrected chi connectivity index (χ2v) is 7.99. The van der Waals surface area contributed by atoms with Gasteiger partial charge in [0.05, 0.1) is 0 Å². The number of benzene rings is 1. The summed E-state index contributed by atoms with van der Waals surface area (Å²) in [6, 6.07) is 5.98. The van der Waals surface area contributed by atoms with E-state index in [0.29, 0.717) is 10.3 Å². The second-order valence-electron chi connectivity index (χ2n) is 7.99. The zero-order chi connectivity index (χ0) is 21.5. The molecular weight excluding hydrogens is 379 g/mol. The summed E-state index contributed by atoms with van der Waals surface area (Å²) in [5.74, 6) is -1.54. The largest absolute Gasteiger partial charge is 0.331 e. The monoisotopic (exact) mass is 405 g/mol. The molecule has 2 aromatic rings. The molecule has 1 saturated carbocycles. The summed E-state index contributed by atoms with van der Waals surface area (Å²) < 4.78 is 41.8. The maximum absolute atomic E-state index is 14.5. The van der Waals surface area contributed by atoms with Crippen LogP contribution in [-0.4, -0.2) is 33.2 Å². The van der Waals surface area contributed by atoms with Crippen molar-refractivity contribution in [3.63, 3.8) is 0 Å². The lowest BCUT2D eigenvalue weighted by Gasteiger charge is -2.25. The molecule has 156 valence electrons. The summed E-state index contributed by atoms with van der Waals surface area (Å²) in [6.07, 6.45) is -1.51. The predicted molar refractivity (Wildman–Crippen MR) is 106 cm³/mol. The van der Waals surface area contributed by atoms with Crippen LogP contribution in [0, 0.1) is 12.9 Å². The first kappa shape index (κ1) is 21.1. The molecular formula is C22H26F3N3O. The average molecular weight is 405 g/mol. The molecule has 1 aliphatic carbocycles. The highest BCUT2D eigenvalue weighted by Gasteiger charge is 2.38. The van der Waals surface area contributed by atoms with Crippen LogP contribution in [0.4, 0.5) is 13.2 Å². The summed E-state index contributed by atoms with van der Waals surface area (Å²) >= 11 is 0. The van der Waals surface area contributed by atoms with Gasteiger partial charge in [0.25, 0.3) is 12.3 Å². The van der Waals surface area contributed by atoms with E-state index in [1.807, 2.05) is 25.1 Å². The van der Waals surface area contributed by atoms with Crippen molar-refractivity contribution < 1.29 is 18.0 Å². The van der Waals surface area contributed by atoms with Crippen LogP contribution in [0.25, 0.3) is 5.57 Å². The molecule has 1 aliphatic rings. The molecule has 1 aromatic heterocycles. The summed E-state index contributed by atoms with van der Waals surface area (Å²) in [5.41, 5.74) is 2.36. The van der Waals surface area contributed by atoms with Crippen LogP contribution in [0.2, 0.25) is 0 Å². The van der Waals surface area contributed by atoms with Gasteiger partial charge in [0.15, 0.2) is 0 Å². The number of aryl methyl sites for hydroxylation is 2. The second kappa shape index (κ2) is 8.05. The Morgan fingerprint density at radius 2 is 2.00 bits per heavy atom. The number of carbonyl (C=O) groups is 1. The van der Waals surface area contributed by atoms with E-state index in [9.17, 15) is 18.0 Å². The number of rotatable bonds is 7. The van der Waals surface area contributed by atoms with E-state index < -0.39 is 29.5 Å². The Balaban J connectivity index is 1.94. The van der Waals surface area contributed by atoms with Gasteiger partial charge in [0.2, 0.25) is 5.95 Å². The SMILES string of the molecule is C=C(CN(C(=O)c1c(C(F)F)nn(C)c1F)C1CC1)c1cc(C)ccc1C(C)C. The van der Waals surface area contributed by atoms with Gasteiger partial charge in [0.1, 0.15) is 11.3 Å². The smallest absolute Gasteiger partial charge is 0.283 e. The number of hydrogen-bond acceptors (Lipinski definition) is 2. The Bertz CT molecular complexity index is 945. The minimum atomic E-state index is -3.03. The molecule has 0 unspecified atom stereocenters. The van der Waals surface area contributed by atoms with Gasteiger partial charge in [-0.3, -0.25) is 4.79 Å². The Morgan fingerprint density at radius 3 is 2.55 bits per heavy atom. The van der Waals surface area contributed by atoms with Crippen molar-refractivity contribution in [1.82, 2.24) is 14.7 Å². The number of aromatic nitrogens is 2. The van der Waals surface area contributed by atoms with Crippen molar-refractivity contribution >= 4 is 11.5 Å². The van der Waals surface area contributed by atoms with Crippen molar-refractivity contribution in [2.24, 2.45) is 7.05 Å². The zero-order valence-corrected chi connectivity index (χ0v) is 17.2. The number of hydrogen-bond donors (Lipinski definition) is 0. The van der Waals surface area contributed by atoms with E-state index in [4.69, 9.17) is 0 Å². The lowest BCUT2D eigenvalue weighted by atomic mass is 9.91. The lowest BCUT2D eigenvalue weighted by Crippen LogP contribution is -2.35. The van der Waals surface area contributed by atoms with E-state index >= 15 is 0 Å². The Hall–Kier alpha value is -2.57. The maximum atomic E-state index is 14.5. The summed E-state index contributed by atoms with van der Waals surface area (Å²) in [6.45, 7) is 10.4. The Morgan fingerprint density at radius 1 is 1.34 bits per heavy atom. The van der Waals surface area contributed by atoms with Crippen LogP contribution in [-0.2, 0) is 7.05 Å². The van der Waals surface area contributed by atoms with E-state index in [2.05, 4.69) is 25.5 Å². The molecule has 29 heavy (non-hydrogen) atoms. The molecule has 0 N–H and O–H groups in total. The predicted octanol–water partition coefficient (Wildman–Crippen LogP) is 5.25. The molecule has 0 aliphatic heterocycles. The molecule has 7 heteroatoms. The quantitative estimate of drug-likeness (QED) is 0.631. The molecule has 0 saturated heterocycles. The zero-order valence-electron chi connectivity index (χ0n) is 17.2. The van der Waals surface area contributed by atoms with Crippen LogP contribution in [0.1, 0.15) is 71.8 Å². The van der Waals surface area contributed by atoms with Crippen molar-refractivity contribution in [2.45, 2.75) is 52.0 Å². The number of alkyl halides is 2. The van der Waals surface area contributed by atoms with E-state index in [-0.39, 0.29) is 18.5 Å². The fourth-order valence-corrected chi connectivity index (χ4v) is 3.54. The minimum absolute atomic E-state index is 0.100. The summed E-state index contributed by atoms with van der Waals surface area (Å²) in [4.78, 5) is 14.6. The fraction of sp³-hybridized carbons (Fsp3) is 0.455. The molecule has 0 atom stereocenters. The fourth-order valence-electron chi connectivity index (χ4n) is 3.54. The third kappa shape index (κ3) is 4.23. The summed E-state index contributed by atoms with van der Waals surface area (Å²) in [7, 11) is 1.21. The highest BCUT2D eigenvalue weighted by atomic mass is 19.3. The highest BCUT2D eigenvalue weighted by molar-refractivity contribution is 5.96. The molecule has 0 spiro atoms. The molecule has 1 heterocycles. The Kier molecular flexibility index (Phi) is 5.87. The first-order valence-electron chi connectivity index (χ1n) is 9.72. The van der Waals surface area contributed by atoms with Gasteiger partial charge in [-0.1, -0.05) is 44.2 Å². The van der Waals surface area contributed by atoms with Crippen LogP contribution >= 0.6 is 0 Å². The third-order valence-electron chi connectivity index (χ3n) is 5.25. The van der Waals surface area contributed by atoms with Crippen LogP contribution < -0.4 is 0 Å². The number of amides is 1. The van der Waals surface area contributed by atoms with E-state index in [1.54, 1.807) is 0 Å². The lowest BCUT2D eigenvalue weighted by molar-refractivity contribution is 0.0747. The Labute approximate surface area is 169 Å². The van der Waals surface area contributed by atoms with Gasteiger partial charge >= 0.3 is 0 Å². The van der Waals surface area contributed by atoms with Gasteiger partial charge in [0, 0.05) is 19.6 Å². The van der Waals surface area contributed by atoms with Gasteiger partial charge in [-0.25, -0.2) is 13.5 Å². The standard InChI is InChI=1S/C22H26F3N3O/c1-12(2)16-9-6-13(3)10-17(16)14(4)11-28(15-7-8-15)22(29)18-19(20(23)24)26-27(5)21(18)25/h6,9-10,12,15,20H,4,7-8,11H2,1-3,5H3. The highest BCUT2D eigenvalue weighted by Crippen LogP contribution is 2.34. The van der Waals surface area contributed by atoms with Gasteiger partial charge < -0.3 is 4.90 Å². The number of nitrogens with zero attached hydrogens (tertiary/aromatic N) is 3. The molecule has 1 aromatic carbocycles. The van der Waals surface area contributed by atoms with Gasteiger partial charge in [-0.05, 0) is 42.4 Å².